The molecule has 4 rings (SSSR count). The first-order chi connectivity index (χ1) is 15.4. The van der Waals surface area contributed by atoms with E-state index >= 15 is 0 Å². The molecule has 0 bridgehead atoms. The molecule has 0 radical (unpaired) electrons. The topological polar surface area (TPSA) is 76.7 Å². The standard InChI is InChI=1S/C24H18BrClN2O4/c1-14-6-8-16(12-19(14)26)27-24(30)20(28-23(29)17-4-2-3-5-18(17)25)10-15-7-9-21-22(11-15)32-13-31-21/h2-12H,13H2,1H3,(H,27,30)(H,28,29)/b20-10+. The largest absolute Gasteiger partial charge is 0.454 e. The van der Waals surface area contributed by atoms with Crippen molar-refractivity contribution < 1.29 is 19.1 Å². The van der Waals surface area contributed by atoms with Crippen molar-refractivity contribution in [1.29, 1.82) is 0 Å². The van der Waals surface area contributed by atoms with Crippen molar-refractivity contribution in [3.63, 3.8) is 0 Å². The summed E-state index contributed by atoms with van der Waals surface area (Å²) in [5.41, 5.74) is 2.52. The van der Waals surface area contributed by atoms with Crippen LogP contribution in [0, 0.1) is 6.92 Å². The Bertz CT molecular complexity index is 1240. The van der Waals surface area contributed by atoms with Crippen LogP contribution in [0.2, 0.25) is 5.02 Å². The van der Waals surface area contributed by atoms with Crippen LogP contribution in [0.5, 0.6) is 11.5 Å². The molecule has 0 saturated carbocycles. The summed E-state index contributed by atoms with van der Waals surface area (Å²) >= 11 is 9.54. The summed E-state index contributed by atoms with van der Waals surface area (Å²) in [6, 6.07) is 17.4. The highest BCUT2D eigenvalue weighted by atomic mass is 79.9. The van der Waals surface area contributed by atoms with Gasteiger partial charge in [0.25, 0.3) is 11.8 Å². The number of benzene rings is 3. The van der Waals surface area contributed by atoms with E-state index in [4.69, 9.17) is 21.1 Å². The second-order valence-electron chi connectivity index (χ2n) is 7.02. The molecule has 32 heavy (non-hydrogen) atoms. The maximum atomic E-state index is 13.1. The van der Waals surface area contributed by atoms with Crippen LogP contribution >= 0.6 is 27.5 Å². The molecule has 1 aliphatic rings. The molecule has 0 aromatic heterocycles. The van der Waals surface area contributed by atoms with E-state index in [1.54, 1.807) is 66.7 Å². The van der Waals surface area contributed by atoms with E-state index in [0.717, 1.165) is 5.56 Å². The molecule has 3 aromatic carbocycles. The Morgan fingerprint density at radius 1 is 1.03 bits per heavy atom. The number of hydrogen-bond acceptors (Lipinski definition) is 4. The fourth-order valence-electron chi connectivity index (χ4n) is 3.03. The molecule has 0 saturated heterocycles. The highest BCUT2D eigenvalue weighted by molar-refractivity contribution is 9.10. The van der Waals surface area contributed by atoms with Crippen LogP contribution in [-0.2, 0) is 4.79 Å². The normalized spacial score (nSPS) is 12.4. The number of anilines is 1. The first-order valence-electron chi connectivity index (χ1n) is 9.65. The predicted octanol–water partition coefficient (Wildman–Crippen LogP) is 5.55. The van der Waals surface area contributed by atoms with Gasteiger partial charge in [0.1, 0.15) is 5.70 Å². The number of fused-ring (bicyclic) bond motifs is 1. The number of carbonyl (C=O) groups excluding carboxylic acids is 2. The second-order valence-corrected chi connectivity index (χ2v) is 8.28. The van der Waals surface area contributed by atoms with Gasteiger partial charge in [-0.15, -0.1) is 0 Å². The smallest absolute Gasteiger partial charge is 0.272 e. The van der Waals surface area contributed by atoms with Crippen LogP contribution in [0.4, 0.5) is 5.69 Å². The number of rotatable bonds is 5. The van der Waals surface area contributed by atoms with Gasteiger partial charge in [-0.3, -0.25) is 9.59 Å². The van der Waals surface area contributed by atoms with Crippen molar-refractivity contribution >= 4 is 51.1 Å². The molecule has 1 heterocycles. The molecule has 162 valence electrons. The minimum Gasteiger partial charge on any atom is -0.454 e. The molecule has 0 atom stereocenters. The Morgan fingerprint density at radius 3 is 2.59 bits per heavy atom. The fraction of sp³-hybridized carbons (Fsp3) is 0.0833. The fourth-order valence-corrected chi connectivity index (χ4v) is 3.68. The number of ether oxygens (including phenoxy) is 2. The van der Waals surface area contributed by atoms with Gasteiger partial charge in [0.2, 0.25) is 6.79 Å². The van der Waals surface area contributed by atoms with Gasteiger partial charge in [-0.1, -0.05) is 35.9 Å². The van der Waals surface area contributed by atoms with Crippen LogP contribution in [0.1, 0.15) is 21.5 Å². The monoisotopic (exact) mass is 512 g/mol. The lowest BCUT2D eigenvalue weighted by molar-refractivity contribution is -0.113. The molecule has 1 aliphatic heterocycles. The van der Waals surface area contributed by atoms with Crippen molar-refractivity contribution in [1.82, 2.24) is 5.32 Å². The lowest BCUT2D eigenvalue weighted by Crippen LogP contribution is -2.31. The molecule has 3 aromatic rings. The van der Waals surface area contributed by atoms with Gasteiger partial charge < -0.3 is 20.1 Å². The number of hydrogen-bond donors (Lipinski definition) is 2. The van der Waals surface area contributed by atoms with Crippen molar-refractivity contribution in [2.45, 2.75) is 6.92 Å². The number of carbonyl (C=O) groups is 2. The summed E-state index contributed by atoms with van der Waals surface area (Å²) in [4.78, 5) is 26.0. The van der Waals surface area contributed by atoms with Gasteiger partial charge in [-0.05, 0) is 76.5 Å². The van der Waals surface area contributed by atoms with Crippen molar-refractivity contribution in [2.75, 3.05) is 12.1 Å². The molecular formula is C24H18BrClN2O4. The Morgan fingerprint density at radius 2 is 1.81 bits per heavy atom. The van der Waals surface area contributed by atoms with Crippen LogP contribution in [0.3, 0.4) is 0 Å². The molecule has 0 fully saturated rings. The molecule has 2 amide bonds. The zero-order chi connectivity index (χ0) is 22.7. The Labute approximate surface area is 198 Å². The minimum atomic E-state index is -0.497. The van der Waals surface area contributed by atoms with Crippen LogP contribution in [0.15, 0.2) is 70.8 Å². The molecule has 0 unspecified atom stereocenters. The summed E-state index contributed by atoms with van der Waals surface area (Å²) in [6.07, 6.45) is 1.57. The van der Waals surface area contributed by atoms with Gasteiger partial charge in [0, 0.05) is 15.2 Å². The first-order valence-corrected chi connectivity index (χ1v) is 10.8. The average molecular weight is 514 g/mol. The van der Waals surface area contributed by atoms with E-state index in [1.165, 1.54) is 0 Å². The second kappa shape index (κ2) is 9.46. The zero-order valence-electron chi connectivity index (χ0n) is 16.9. The average Bonchev–Trinajstić information content (AvgIpc) is 3.24. The third kappa shape index (κ3) is 4.95. The van der Waals surface area contributed by atoms with Crippen molar-refractivity contribution in [2.24, 2.45) is 0 Å². The van der Waals surface area contributed by atoms with Gasteiger partial charge in [-0.25, -0.2) is 0 Å². The summed E-state index contributed by atoms with van der Waals surface area (Å²) in [5.74, 6) is 0.269. The highest BCUT2D eigenvalue weighted by Crippen LogP contribution is 2.33. The summed E-state index contributed by atoms with van der Waals surface area (Å²) in [6.45, 7) is 2.01. The van der Waals surface area contributed by atoms with Crippen LogP contribution in [-0.4, -0.2) is 18.6 Å². The van der Waals surface area contributed by atoms with Gasteiger partial charge in [-0.2, -0.15) is 0 Å². The van der Waals surface area contributed by atoms with Crippen molar-refractivity contribution in [3.8, 4) is 11.5 Å². The van der Waals surface area contributed by atoms with Crippen LogP contribution < -0.4 is 20.1 Å². The Balaban J connectivity index is 1.65. The van der Waals surface area contributed by atoms with E-state index in [1.807, 2.05) is 6.92 Å². The number of nitrogens with one attached hydrogen (secondary N) is 2. The zero-order valence-corrected chi connectivity index (χ0v) is 19.3. The van der Waals surface area contributed by atoms with Crippen molar-refractivity contribution in [3.05, 3.63) is 92.5 Å². The summed E-state index contributed by atoms with van der Waals surface area (Å²) in [5, 5.41) is 6.02. The molecule has 0 spiro atoms. The minimum absolute atomic E-state index is 0.0568. The SMILES string of the molecule is Cc1ccc(NC(=O)/C(=C\c2ccc3c(c2)OCO3)NC(=O)c2ccccc2Br)cc1Cl. The first kappa shape index (κ1) is 21.9. The summed E-state index contributed by atoms with van der Waals surface area (Å²) < 4.78 is 11.4. The predicted molar refractivity (Wildman–Crippen MR) is 127 cm³/mol. The third-order valence-corrected chi connectivity index (χ3v) is 5.85. The maximum Gasteiger partial charge on any atom is 0.272 e. The Hall–Kier alpha value is -3.29. The molecule has 6 nitrogen and oxygen atoms in total. The highest BCUT2D eigenvalue weighted by Gasteiger charge is 2.18. The number of amides is 2. The third-order valence-electron chi connectivity index (χ3n) is 4.75. The quantitative estimate of drug-likeness (QED) is 0.439. The maximum absolute atomic E-state index is 13.1. The van der Waals surface area contributed by atoms with Gasteiger partial charge >= 0.3 is 0 Å². The van der Waals surface area contributed by atoms with E-state index in [9.17, 15) is 9.59 Å². The lowest BCUT2D eigenvalue weighted by Gasteiger charge is -2.13. The molecule has 0 aliphatic carbocycles. The van der Waals surface area contributed by atoms with Gasteiger partial charge in [0.05, 0.1) is 5.56 Å². The molecule has 2 N–H and O–H groups in total. The lowest BCUT2D eigenvalue weighted by atomic mass is 10.1. The van der Waals surface area contributed by atoms with E-state index in [-0.39, 0.29) is 12.5 Å². The van der Waals surface area contributed by atoms with E-state index < -0.39 is 11.8 Å². The van der Waals surface area contributed by atoms with E-state index in [2.05, 4.69) is 26.6 Å². The molecular weight excluding hydrogens is 496 g/mol. The summed E-state index contributed by atoms with van der Waals surface area (Å²) in [7, 11) is 0. The number of halogens is 2. The van der Waals surface area contributed by atoms with Crippen LogP contribution in [0.25, 0.3) is 6.08 Å². The van der Waals surface area contributed by atoms with Gasteiger partial charge in [0.15, 0.2) is 11.5 Å². The van der Waals surface area contributed by atoms with E-state index in [0.29, 0.717) is 37.8 Å². The Kier molecular flexibility index (Phi) is 6.48. The molecule has 8 heteroatoms. The number of aryl methyl sites for hydroxylation is 1.